The molecule has 15 heteroatoms. The van der Waals surface area contributed by atoms with Crippen LogP contribution >= 0.6 is 0 Å². The molecule has 0 bridgehead atoms. The summed E-state index contributed by atoms with van der Waals surface area (Å²) in [7, 11) is 3.34. The van der Waals surface area contributed by atoms with Gasteiger partial charge in [0.25, 0.3) is 5.60 Å². The Morgan fingerprint density at radius 1 is 1.07 bits per heavy atom. The van der Waals surface area contributed by atoms with Gasteiger partial charge in [-0.05, 0) is 72.7 Å². The number of aromatic nitrogens is 4. The summed E-state index contributed by atoms with van der Waals surface area (Å²) in [6.45, 7) is 20.7. The van der Waals surface area contributed by atoms with Gasteiger partial charge in [0.2, 0.25) is 0 Å². The molecular weight excluding hydrogens is 732 g/mol. The third-order valence-corrected chi connectivity index (χ3v) is 7.65. The zero-order valence-corrected chi connectivity index (χ0v) is 35.5. The van der Waals surface area contributed by atoms with E-state index in [0.717, 1.165) is 6.29 Å². The second kappa shape index (κ2) is 24.1. The molecule has 0 aliphatic heterocycles. The van der Waals surface area contributed by atoms with Crippen molar-refractivity contribution in [1.29, 1.82) is 0 Å². The van der Waals surface area contributed by atoms with Crippen LogP contribution in [0.2, 0.25) is 0 Å². The number of aldehydes is 1. The molecule has 2 heterocycles. The van der Waals surface area contributed by atoms with Gasteiger partial charge in [-0.25, -0.2) is 29.3 Å². The van der Waals surface area contributed by atoms with Gasteiger partial charge in [0.15, 0.2) is 17.0 Å². The number of allylic oxidation sites excluding steroid dienone is 2. The van der Waals surface area contributed by atoms with Crippen molar-refractivity contribution in [2.24, 2.45) is 0 Å². The molecule has 312 valence electrons. The maximum atomic E-state index is 13.5. The smallest absolute Gasteiger partial charge is 0.415 e. The Balaban J connectivity index is 0.00000254. The first-order valence-corrected chi connectivity index (χ1v) is 18.8. The fraction of sp³-hybridized carbons (Fsp3) is 0.500. The lowest BCUT2D eigenvalue weighted by Crippen LogP contribution is -2.54. The molecule has 0 saturated carbocycles. The number of amides is 1. The van der Waals surface area contributed by atoms with Crippen molar-refractivity contribution in [1.82, 2.24) is 24.8 Å². The normalized spacial score (nSPS) is 12.3. The van der Waals surface area contributed by atoms with Crippen molar-refractivity contribution in [3.63, 3.8) is 0 Å². The third kappa shape index (κ3) is 14.1. The van der Waals surface area contributed by atoms with Crippen molar-refractivity contribution in [2.45, 2.75) is 106 Å². The summed E-state index contributed by atoms with van der Waals surface area (Å²) >= 11 is 0. The number of imidazole rings is 1. The number of aryl methyl sites for hydroxylation is 1. The van der Waals surface area contributed by atoms with E-state index in [1.807, 2.05) is 20.9 Å². The second-order valence-corrected chi connectivity index (χ2v) is 13.1. The minimum Gasteiger partial charge on any atom is -0.463 e. The predicted molar refractivity (Wildman–Crippen MR) is 220 cm³/mol. The summed E-state index contributed by atoms with van der Waals surface area (Å²) in [6, 6.07) is 6.83. The number of fused-ring (bicyclic) bond motifs is 1. The summed E-state index contributed by atoms with van der Waals surface area (Å²) in [5, 5.41) is 2.69. The molecular formula is C42H60N6O9. The van der Waals surface area contributed by atoms with Gasteiger partial charge in [-0.15, -0.1) is 12.3 Å². The highest BCUT2D eigenvalue weighted by Gasteiger charge is 2.51. The molecule has 0 aliphatic carbocycles. The lowest BCUT2D eigenvalue weighted by atomic mass is 9.92. The molecule has 1 aromatic carbocycles. The maximum Gasteiger partial charge on any atom is 0.415 e. The number of benzene rings is 1. The van der Waals surface area contributed by atoms with E-state index in [2.05, 4.69) is 32.8 Å². The summed E-state index contributed by atoms with van der Waals surface area (Å²) in [4.78, 5) is 66.1. The van der Waals surface area contributed by atoms with Gasteiger partial charge >= 0.3 is 18.0 Å². The van der Waals surface area contributed by atoms with Crippen LogP contribution in [0.15, 0.2) is 49.4 Å². The van der Waals surface area contributed by atoms with Crippen molar-refractivity contribution in [3.05, 3.63) is 66.4 Å². The molecule has 0 aliphatic rings. The third-order valence-electron chi connectivity index (χ3n) is 7.65. The molecule has 1 amide bonds. The van der Waals surface area contributed by atoms with Crippen LogP contribution in [0.1, 0.15) is 91.9 Å². The van der Waals surface area contributed by atoms with Crippen molar-refractivity contribution in [2.75, 3.05) is 38.8 Å². The number of hydrogen-bond donors (Lipinski definition) is 1. The van der Waals surface area contributed by atoms with Crippen LogP contribution in [0.5, 0.6) is 0 Å². The van der Waals surface area contributed by atoms with Crippen LogP contribution in [0.3, 0.4) is 0 Å². The van der Waals surface area contributed by atoms with Crippen LogP contribution in [0.4, 0.5) is 10.6 Å². The van der Waals surface area contributed by atoms with Crippen molar-refractivity contribution in [3.8, 4) is 12.3 Å². The first-order chi connectivity index (χ1) is 27.1. The molecule has 0 radical (unpaired) electrons. The molecule has 2 unspecified atom stereocenters. The molecule has 2 aromatic heterocycles. The van der Waals surface area contributed by atoms with Gasteiger partial charge in [0.05, 0.1) is 38.7 Å². The average molecular weight is 793 g/mol. The number of nitrogens with one attached hydrogen (secondary N) is 1. The molecule has 0 spiro atoms. The van der Waals surface area contributed by atoms with E-state index >= 15 is 0 Å². The van der Waals surface area contributed by atoms with Gasteiger partial charge in [0.1, 0.15) is 23.9 Å². The van der Waals surface area contributed by atoms with Gasteiger partial charge in [-0.1, -0.05) is 50.8 Å². The van der Waals surface area contributed by atoms with E-state index in [0.29, 0.717) is 33.7 Å². The van der Waals surface area contributed by atoms with E-state index in [1.54, 1.807) is 96.5 Å². The minimum absolute atomic E-state index is 0.0113. The molecule has 57 heavy (non-hydrogen) atoms. The summed E-state index contributed by atoms with van der Waals surface area (Å²) in [5.41, 5.74) is -0.508. The highest BCUT2D eigenvalue weighted by Crippen LogP contribution is 2.29. The van der Waals surface area contributed by atoms with E-state index in [1.165, 1.54) is 18.3 Å². The van der Waals surface area contributed by atoms with E-state index in [9.17, 15) is 19.2 Å². The number of anilines is 1. The van der Waals surface area contributed by atoms with Crippen molar-refractivity contribution < 1.29 is 42.9 Å². The van der Waals surface area contributed by atoms with Crippen LogP contribution in [-0.4, -0.2) is 95.1 Å². The number of carbonyl (C=O) groups is 4. The zero-order chi connectivity index (χ0) is 43.3. The highest BCUT2D eigenvalue weighted by atomic mass is 16.6. The van der Waals surface area contributed by atoms with Gasteiger partial charge in [-0.2, -0.15) is 0 Å². The van der Waals surface area contributed by atoms with E-state index in [4.69, 9.17) is 30.1 Å². The average Bonchev–Trinajstić information content (AvgIpc) is 3.60. The molecule has 1 N–H and O–H groups in total. The molecule has 0 saturated heterocycles. The van der Waals surface area contributed by atoms with Crippen LogP contribution < -0.4 is 10.2 Å². The van der Waals surface area contributed by atoms with Crippen LogP contribution in [-0.2, 0) is 44.5 Å². The Kier molecular flexibility index (Phi) is 20.9. The summed E-state index contributed by atoms with van der Waals surface area (Å²) in [6.07, 6.45) is 8.96. The number of esters is 2. The van der Waals surface area contributed by atoms with Gasteiger partial charge in [0, 0.05) is 26.1 Å². The Morgan fingerprint density at radius 2 is 1.65 bits per heavy atom. The number of nitrogens with zero attached hydrogens (tertiary/aromatic N) is 5. The Labute approximate surface area is 337 Å². The number of terminal acetylenes is 1. The number of rotatable bonds is 17. The lowest BCUT2D eigenvalue weighted by Gasteiger charge is -2.31. The van der Waals surface area contributed by atoms with E-state index in [-0.39, 0.29) is 38.5 Å². The number of carbonyl (C=O) groups excluding carboxylic acids is 4. The minimum atomic E-state index is -2.17. The first-order valence-electron chi connectivity index (χ1n) is 18.8. The topological polar surface area (TPSA) is 173 Å². The number of ether oxygens (including phenoxy) is 5. The van der Waals surface area contributed by atoms with Gasteiger partial charge in [-0.3, -0.25) is 14.3 Å². The fourth-order valence-electron chi connectivity index (χ4n) is 5.05. The standard InChI is InChI=1S/C37H47N5O9.C3H7N.C2H6/c1-11-15-29(42-23-38-30-31(39-25(6)40-32(30)42)41(10)35(46)51-36(7,8)9)50-24(5)22-49-37(33(44)47-13-3,34(45)48-14-4)20-26-16-18-28(19-17-26)27(12-2)21-43;1-3-4-2;1-2/h1,12,16-19,21,23-24,29H,13-15,20,22H2,2-10H3;3-4H,1H2,2H3;1-2H3/b27-12+;;. The number of hydrogen-bond acceptors (Lipinski definition) is 13. The summed E-state index contributed by atoms with van der Waals surface area (Å²) < 4.78 is 30.3. The van der Waals surface area contributed by atoms with E-state index < -0.39 is 41.6 Å². The molecule has 3 aromatic rings. The SMILES string of the molecule is C#CCC(OC(C)COC(Cc1ccc(/C(C=O)=C/C)cc1)(C(=O)OCC)C(=O)OCC)n1cnc2c(N(C)C(=O)OC(C)(C)C)nc(C)nc21.C=CNC.CC. The lowest BCUT2D eigenvalue weighted by molar-refractivity contribution is -0.196. The van der Waals surface area contributed by atoms with Crippen LogP contribution in [0, 0.1) is 19.3 Å². The van der Waals surface area contributed by atoms with Crippen LogP contribution in [0.25, 0.3) is 16.7 Å². The highest BCUT2D eigenvalue weighted by molar-refractivity contribution is 6.07. The predicted octanol–water partition coefficient (Wildman–Crippen LogP) is 6.54. The largest absolute Gasteiger partial charge is 0.463 e. The summed E-state index contributed by atoms with van der Waals surface area (Å²) in [5.74, 6) is 1.36. The maximum absolute atomic E-state index is 13.5. The molecule has 3 rings (SSSR count). The Bertz CT molecular complexity index is 1820. The molecule has 0 fully saturated rings. The quantitative estimate of drug-likeness (QED) is 0.0391. The molecule has 2 atom stereocenters. The fourth-order valence-corrected chi connectivity index (χ4v) is 5.05. The van der Waals surface area contributed by atoms with Crippen molar-refractivity contribution >= 4 is 46.9 Å². The Morgan fingerprint density at radius 3 is 2.12 bits per heavy atom. The second-order valence-electron chi connectivity index (χ2n) is 13.1. The van der Waals surface area contributed by atoms with Gasteiger partial charge < -0.3 is 29.0 Å². The Hall–Kier alpha value is -5.59. The first kappa shape index (κ1) is 49.4. The monoisotopic (exact) mass is 792 g/mol. The zero-order valence-electron chi connectivity index (χ0n) is 35.5. The molecule has 15 nitrogen and oxygen atoms in total.